The van der Waals surface area contributed by atoms with Crippen LogP contribution < -0.4 is 0 Å². The third-order valence-electron chi connectivity index (χ3n) is 11.9. The van der Waals surface area contributed by atoms with Crippen LogP contribution in [0.3, 0.4) is 0 Å². The van der Waals surface area contributed by atoms with Gasteiger partial charge < -0.3 is 24.1 Å². The zero-order valence-corrected chi connectivity index (χ0v) is 27.5. The molecule has 0 heterocycles. The predicted molar refractivity (Wildman–Crippen MR) is 158 cm³/mol. The molecule has 0 aliphatic heterocycles. The highest BCUT2D eigenvalue weighted by Crippen LogP contribution is 2.69. The van der Waals surface area contributed by atoms with Crippen LogP contribution in [-0.4, -0.2) is 61.0 Å². The molecule has 9 heteroatoms. The second kappa shape index (κ2) is 12.7. The minimum absolute atomic E-state index is 0.00636. The lowest BCUT2D eigenvalue weighted by molar-refractivity contribution is -0.232. The SMILES string of the molecule is COC(=O)CC[C@@H](C)[C@H]1CC[C@H]2[C@@H]3[C@H](O)C[C@@H]4C[C@H](OC(C)=O)CC[C@]4(COC(=O)C(C)(C)C)[C@H]3C[C@H](OC(C)=O)[C@]12C. The number of carbonyl (C=O) groups excluding carboxylic acids is 4. The lowest BCUT2D eigenvalue weighted by atomic mass is 9.42. The fourth-order valence-corrected chi connectivity index (χ4v) is 9.97. The first-order chi connectivity index (χ1) is 20.0. The third-order valence-corrected chi connectivity index (χ3v) is 11.9. The molecule has 0 spiro atoms. The molecule has 4 rings (SSSR count). The van der Waals surface area contributed by atoms with Gasteiger partial charge in [-0.15, -0.1) is 0 Å². The van der Waals surface area contributed by atoms with Crippen LogP contribution in [0.1, 0.15) is 106 Å². The first-order valence-corrected chi connectivity index (χ1v) is 16.3. The molecule has 0 saturated heterocycles. The molecule has 4 aliphatic carbocycles. The van der Waals surface area contributed by atoms with Gasteiger partial charge in [0.05, 0.1) is 25.2 Å². The minimum atomic E-state index is -0.654. The Hall–Kier alpha value is -2.16. The maximum Gasteiger partial charge on any atom is 0.311 e. The summed E-state index contributed by atoms with van der Waals surface area (Å²) in [6.07, 6.45) is 4.81. The van der Waals surface area contributed by atoms with Crippen molar-refractivity contribution in [2.45, 2.75) is 125 Å². The van der Waals surface area contributed by atoms with Gasteiger partial charge in [-0.25, -0.2) is 0 Å². The summed E-state index contributed by atoms with van der Waals surface area (Å²) in [5.74, 6) is -0.664. The molecule has 244 valence electrons. The van der Waals surface area contributed by atoms with Gasteiger partial charge in [0.15, 0.2) is 0 Å². The number of carbonyl (C=O) groups is 4. The van der Waals surface area contributed by atoms with E-state index in [1.165, 1.54) is 21.0 Å². The van der Waals surface area contributed by atoms with Gasteiger partial charge in [-0.05, 0) is 108 Å². The van der Waals surface area contributed by atoms with Crippen LogP contribution >= 0.6 is 0 Å². The fraction of sp³-hybridized carbons (Fsp3) is 0.882. The van der Waals surface area contributed by atoms with E-state index in [4.69, 9.17) is 18.9 Å². The van der Waals surface area contributed by atoms with E-state index < -0.39 is 16.9 Å². The maximum absolute atomic E-state index is 13.1. The third kappa shape index (κ3) is 6.48. The molecule has 0 aromatic rings. The van der Waals surface area contributed by atoms with Gasteiger partial charge >= 0.3 is 23.9 Å². The highest BCUT2D eigenvalue weighted by molar-refractivity contribution is 5.75. The molecule has 0 amide bonds. The summed E-state index contributed by atoms with van der Waals surface area (Å²) in [7, 11) is 1.41. The first-order valence-electron chi connectivity index (χ1n) is 16.3. The summed E-state index contributed by atoms with van der Waals surface area (Å²) in [6, 6.07) is 0. The van der Waals surface area contributed by atoms with Gasteiger partial charge in [0, 0.05) is 31.1 Å². The van der Waals surface area contributed by atoms with E-state index in [0.717, 1.165) is 12.8 Å². The molecule has 43 heavy (non-hydrogen) atoms. The van der Waals surface area contributed by atoms with E-state index >= 15 is 0 Å². The van der Waals surface area contributed by atoms with E-state index in [1.54, 1.807) is 0 Å². The average molecular weight is 607 g/mol. The quantitative estimate of drug-likeness (QED) is 0.291. The molecule has 4 saturated carbocycles. The maximum atomic E-state index is 13.1. The van der Waals surface area contributed by atoms with Crippen molar-refractivity contribution in [2.75, 3.05) is 13.7 Å². The number of ether oxygens (including phenoxy) is 4. The number of hydrogen-bond donors (Lipinski definition) is 1. The second-order valence-corrected chi connectivity index (χ2v) is 15.3. The van der Waals surface area contributed by atoms with Gasteiger partial charge in [-0.2, -0.15) is 0 Å². The number of esters is 4. The summed E-state index contributed by atoms with van der Waals surface area (Å²) < 4.78 is 22.9. The molecule has 11 atom stereocenters. The Bertz CT molecular complexity index is 1060. The average Bonchev–Trinajstić information content (AvgIpc) is 3.27. The Morgan fingerprint density at radius 2 is 1.63 bits per heavy atom. The van der Waals surface area contributed by atoms with Crippen LogP contribution in [0, 0.1) is 51.8 Å². The summed E-state index contributed by atoms with van der Waals surface area (Å²) >= 11 is 0. The molecule has 0 aromatic heterocycles. The van der Waals surface area contributed by atoms with E-state index in [0.29, 0.717) is 44.9 Å². The number of aliphatic hydroxyl groups is 1. The fourth-order valence-electron chi connectivity index (χ4n) is 9.97. The summed E-state index contributed by atoms with van der Waals surface area (Å²) in [5.41, 5.74) is -1.44. The molecule has 0 radical (unpaired) electrons. The van der Waals surface area contributed by atoms with E-state index in [9.17, 15) is 24.3 Å². The second-order valence-electron chi connectivity index (χ2n) is 15.3. The zero-order valence-electron chi connectivity index (χ0n) is 27.5. The van der Waals surface area contributed by atoms with Crippen molar-refractivity contribution in [1.82, 2.24) is 0 Å². The van der Waals surface area contributed by atoms with E-state index in [2.05, 4.69) is 13.8 Å². The lowest BCUT2D eigenvalue weighted by Gasteiger charge is -2.64. The molecule has 9 nitrogen and oxygen atoms in total. The van der Waals surface area contributed by atoms with Crippen molar-refractivity contribution in [1.29, 1.82) is 0 Å². The summed E-state index contributed by atoms with van der Waals surface area (Å²) in [6.45, 7) is 13.1. The van der Waals surface area contributed by atoms with Crippen molar-refractivity contribution in [3.05, 3.63) is 0 Å². The van der Waals surface area contributed by atoms with Crippen LogP contribution in [0.4, 0.5) is 0 Å². The molecule has 1 N–H and O–H groups in total. The van der Waals surface area contributed by atoms with Gasteiger partial charge in [0.2, 0.25) is 0 Å². The normalized spacial score (nSPS) is 39.4. The number of fused-ring (bicyclic) bond motifs is 5. The highest BCUT2D eigenvalue weighted by Gasteiger charge is 2.68. The largest absolute Gasteiger partial charge is 0.469 e. The Balaban J connectivity index is 1.72. The smallest absolute Gasteiger partial charge is 0.311 e. The number of aliphatic hydroxyl groups excluding tert-OH is 1. The van der Waals surface area contributed by atoms with Gasteiger partial charge in [0.25, 0.3) is 0 Å². The van der Waals surface area contributed by atoms with Crippen LogP contribution in [-0.2, 0) is 38.1 Å². The van der Waals surface area contributed by atoms with Crippen molar-refractivity contribution in [2.24, 2.45) is 51.8 Å². The van der Waals surface area contributed by atoms with Gasteiger partial charge in [0.1, 0.15) is 12.2 Å². The molecule has 0 bridgehead atoms. The Morgan fingerprint density at radius 1 is 0.953 bits per heavy atom. The van der Waals surface area contributed by atoms with E-state index in [-0.39, 0.29) is 83.6 Å². The topological polar surface area (TPSA) is 125 Å². The Morgan fingerprint density at radius 3 is 2.23 bits per heavy atom. The lowest BCUT2D eigenvalue weighted by Crippen LogP contribution is -2.65. The Kier molecular flexibility index (Phi) is 9.95. The van der Waals surface area contributed by atoms with Crippen LogP contribution in [0.2, 0.25) is 0 Å². The number of rotatable bonds is 8. The molecule has 4 fully saturated rings. The van der Waals surface area contributed by atoms with Crippen LogP contribution in [0.25, 0.3) is 0 Å². The monoisotopic (exact) mass is 606 g/mol. The predicted octanol–water partition coefficient (Wildman–Crippen LogP) is 5.25. The highest BCUT2D eigenvalue weighted by atomic mass is 16.6. The molecule has 0 unspecified atom stereocenters. The molecular weight excluding hydrogens is 552 g/mol. The number of methoxy groups -OCH3 is 1. The van der Waals surface area contributed by atoms with Crippen LogP contribution in [0.15, 0.2) is 0 Å². The zero-order chi connectivity index (χ0) is 31.9. The number of hydrogen-bond acceptors (Lipinski definition) is 9. The van der Waals surface area contributed by atoms with Crippen molar-refractivity contribution in [3.63, 3.8) is 0 Å². The van der Waals surface area contributed by atoms with Crippen LogP contribution in [0.5, 0.6) is 0 Å². The molecule has 0 aromatic carbocycles. The van der Waals surface area contributed by atoms with Crippen molar-refractivity contribution in [3.8, 4) is 0 Å². The Labute approximate surface area is 257 Å². The van der Waals surface area contributed by atoms with Gasteiger partial charge in [-0.1, -0.05) is 13.8 Å². The van der Waals surface area contributed by atoms with Crippen molar-refractivity contribution >= 4 is 23.9 Å². The first kappa shape index (κ1) is 33.7. The standard InChI is InChI=1S/C34H54O9/c1-19(9-12-29(38)40-8)24-10-11-25-30-26(17-28(33(24,25)7)43-21(3)36)34(18-41-31(39)32(4,5)6)14-13-23(42-20(2)35)15-22(34)16-27(30)37/h19,22-28,30,37H,9-18H2,1-8H3/t19-,22+,23-,24-,25+,26+,27-,28+,30+,33-,34-/m1/s1. The molecular formula is C34H54O9. The molecule has 4 aliphatic rings. The summed E-state index contributed by atoms with van der Waals surface area (Å²) in [4.78, 5) is 49.5. The van der Waals surface area contributed by atoms with E-state index in [1.807, 2.05) is 20.8 Å². The van der Waals surface area contributed by atoms with Gasteiger partial charge in [-0.3, -0.25) is 19.2 Å². The van der Waals surface area contributed by atoms with Crippen molar-refractivity contribution < 1.29 is 43.2 Å². The minimum Gasteiger partial charge on any atom is -0.469 e. The summed E-state index contributed by atoms with van der Waals surface area (Å²) in [5, 5.41) is 11.9.